The van der Waals surface area contributed by atoms with Crippen molar-refractivity contribution in [3.05, 3.63) is 94.7 Å². The van der Waals surface area contributed by atoms with Gasteiger partial charge in [0.15, 0.2) is 17.4 Å². The van der Waals surface area contributed by atoms with Crippen LogP contribution >= 0.6 is 11.8 Å². The van der Waals surface area contributed by atoms with Crippen LogP contribution in [0.25, 0.3) is 10.9 Å². The lowest BCUT2D eigenvalue weighted by Crippen LogP contribution is -2.44. The molecular weight excluding hydrogens is 618 g/mol. The normalized spacial score (nSPS) is 20.0. The zero-order valence-corrected chi connectivity index (χ0v) is 27.8. The van der Waals surface area contributed by atoms with Crippen LogP contribution in [0.15, 0.2) is 70.8 Å². The zero-order valence-electron chi connectivity index (χ0n) is 26.9. The summed E-state index contributed by atoms with van der Waals surface area (Å²) < 4.78 is 37.2. The van der Waals surface area contributed by atoms with E-state index in [9.17, 15) is 9.59 Å². The van der Waals surface area contributed by atoms with Crippen LogP contribution in [0.1, 0.15) is 61.8 Å². The van der Waals surface area contributed by atoms with E-state index in [1.807, 2.05) is 30.3 Å². The van der Waals surface area contributed by atoms with E-state index in [2.05, 4.69) is 28.8 Å². The van der Waals surface area contributed by atoms with Crippen LogP contribution in [0.2, 0.25) is 0 Å². The van der Waals surface area contributed by atoms with Gasteiger partial charge >= 0.3 is 0 Å². The first kappa shape index (κ1) is 34.0. The highest BCUT2D eigenvalue weighted by Crippen LogP contribution is 2.38. The summed E-state index contributed by atoms with van der Waals surface area (Å²) in [6.45, 7) is 4.38. The lowest BCUT2D eigenvalue weighted by atomic mass is 9.74. The van der Waals surface area contributed by atoms with Crippen molar-refractivity contribution in [2.75, 3.05) is 18.6 Å². The first-order chi connectivity index (χ1) is 22.6. The fraction of sp³-hybridized carbons (Fsp3) is 0.351. The van der Waals surface area contributed by atoms with E-state index in [1.54, 1.807) is 18.0 Å². The molecule has 47 heavy (non-hydrogen) atoms. The molecule has 246 valence electrons. The molecule has 2 bridgehead atoms. The van der Waals surface area contributed by atoms with Gasteiger partial charge in [-0.3, -0.25) is 4.99 Å². The number of aromatic amines is 1. The molecule has 1 unspecified atom stereocenters. The number of thioether (sulfide) groups is 1. The van der Waals surface area contributed by atoms with Crippen molar-refractivity contribution < 1.29 is 23.1 Å². The highest BCUT2D eigenvalue weighted by molar-refractivity contribution is 7.99. The van der Waals surface area contributed by atoms with Crippen LogP contribution in [0, 0.1) is 17.0 Å². The number of aldehydes is 2. The Kier molecular flexibility index (Phi) is 10.6. The third kappa shape index (κ3) is 7.48. The van der Waals surface area contributed by atoms with Gasteiger partial charge in [0.05, 0.1) is 5.56 Å². The quantitative estimate of drug-likeness (QED) is 0.213. The van der Waals surface area contributed by atoms with Crippen molar-refractivity contribution in [2.24, 2.45) is 21.1 Å². The van der Waals surface area contributed by atoms with E-state index in [0.717, 1.165) is 47.0 Å². The summed E-state index contributed by atoms with van der Waals surface area (Å²) in [7, 11) is 1.46. The number of fused-ring (bicyclic) bond motifs is 5. The molecule has 3 aromatic carbocycles. The second kappa shape index (κ2) is 14.6. The average Bonchev–Trinajstić information content (AvgIpc) is 3.52. The van der Waals surface area contributed by atoms with Crippen LogP contribution in [0.3, 0.4) is 0 Å². The number of amidine groups is 2. The maximum absolute atomic E-state index is 15.6. The Morgan fingerprint density at radius 1 is 1.09 bits per heavy atom. The number of rotatable bonds is 5. The van der Waals surface area contributed by atoms with Crippen LogP contribution in [-0.4, -0.2) is 47.8 Å². The standard InChI is InChI=1S/C37H40F2N4O3S/c1-36(2)14-6-15-37(22-45,25-9-4-7-24(19-25)8-5-17-44)35(40)43-34(41-3)29-20-26(10-11-30(29)38)46-33-28(13-18-47-23-36)27-12-16-42-32(27)21-31(33)39/h4,7,9-12,16-17,19-22,42H,5-6,8,13-15,18,23H2,1-3H3,(H2,40,41,43). The zero-order chi connectivity index (χ0) is 33.6. The van der Waals surface area contributed by atoms with Crippen LogP contribution in [0.4, 0.5) is 8.78 Å². The van der Waals surface area contributed by atoms with E-state index in [0.29, 0.717) is 43.2 Å². The number of halogens is 2. The van der Waals surface area contributed by atoms with Crippen molar-refractivity contribution >= 4 is 46.9 Å². The van der Waals surface area contributed by atoms with Crippen molar-refractivity contribution in [1.29, 1.82) is 0 Å². The molecule has 5 rings (SSSR count). The summed E-state index contributed by atoms with van der Waals surface area (Å²) in [4.78, 5) is 36.2. The second-order valence-corrected chi connectivity index (χ2v) is 13.8. The smallest absolute Gasteiger partial charge is 0.168 e. The molecule has 3 N–H and O–H groups in total. The van der Waals surface area contributed by atoms with Gasteiger partial charge in [-0.15, -0.1) is 0 Å². The molecule has 2 heterocycles. The molecule has 1 aliphatic heterocycles. The molecule has 0 amide bonds. The van der Waals surface area contributed by atoms with Crippen molar-refractivity contribution in [3.8, 4) is 11.5 Å². The van der Waals surface area contributed by atoms with Crippen molar-refractivity contribution in [2.45, 2.75) is 57.8 Å². The second-order valence-electron chi connectivity index (χ2n) is 12.7. The summed E-state index contributed by atoms with van der Waals surface area (Å²) in [5.41, 5.74) is 8.29. The molecular formula is C37H40F2N4O3S. The largest absolute Gasteiger partial charge is 0.454 e. The highest BCUT2D eigenvalue weighted by Gasteiger charge is 2.38. The highest BCUT2D eigenvalue weighted by atomic mass is 32.2. The number of aryl methyl sites for hydroxylation is 2. The summed E-state index contributed by atoms with van der Waals surface area (Å²) in [6.07, 6.45) is 6.72. The molecule has 1 aliphatic rings. The monoisotopic (exact) mass is 658 g/mol. The molecule has 4 aromatic rings. The minimum absolute atomic E-state index is 0.00466. The lowest BCUT2D eigenvalue weighted by Gasteiger charge is -2.31. The summed E-state index contributed by atoms with van der Waals surface area (Å²) in [6, 6.07) is 14.8. The van der Waals surface area contributed by atoms with E-state index in [4.69, 9.17) is 10.5 Å². The fourth-order valence-electron chi connectivity index (χ4n) is 6.16. The third-order valence-electron chi connectivity index (χ3n) is 8.77. The topological polar surface area (TPSA) is 110 Å². The average molecular weight is 659 g/mol. The Hall–Kier alpha value is -4.31. The minimum atomic E-state index is -1.32. The van der Waals surface area contributed by atoms with E-state index in [-0.39, 0.29) is 34.1 Å². The Balaban J connectivity index is 1.64. The lowest BCUT2D eigenvalue weighted by molar-refractivity contribution is -0.111. The number of carbonyl (C=O) groups excluding carboxylic acids is 2. The molecule has 0 saturated carbocycles. The van der Waals surface area contributed by atoms with Gasteiger partial charge in [-0.25, -0.2) is 13.8 Å². The Bertz CT molecular complexity index is 1830. The van der Waals surface area contributed by atoms with Gasteiger partial charge in [0.2, 0.25) is 0 Å². The van der Waals surface area contributed by atoms with Crippen LogP contribution < -0.4 is 10.5 Å². The number of H-pyrrole nitrogens is 1. The van der Waals surface area contributed by atoms with Gasteiger partial charge in [0.25, 0.3) is 0 Å². The molecule has 0 aliphatic carbocycles. The molecule has 1 atom stereocenters. The number of nitrogens with two attached hydrogens (primary N) is 1. The predicted octanol–water partition coefficient (Wildman–Crippen LogP) is 7.73. The fourth-order valence-corrected chi connectivity index (χ4v) is 7.35. The van der Waals surface area contributed by atoms with Gasteiger partial charge in [-0.1, -0.05) is 44.5 Å². The maximum atomic E-state index is 15.6. The molecule has 0 spiro atoms. The number of benzene rings is 3. The summed E-state index contributed by atoms with van der Waals surface area (Å²) in [5.74, 6) is 0.653. The number of aromatic nitrogens is 1. The third-order valence-corrected chi connectivity index (χ3v) is 10.2. The summed E-state index contributed by atoms with van der Waals surface area (Å²) in [5, 5.41) is 0.867. The number of carbonyl (C=O) groups is 2. The number of nitrogens with zero attached hydrogens (tertiary/aromatic N) is 2. The minimum Gasteiger partial charge on any atom is -0.454 e. The molecule has 0 radical (unpaired) electrons. The van der Waals surface area contributed by atoms with Gasteiger partial charge in [0, 0.05) is 42.2 Å². The van der Waals surface area contributed by atoms with E-state index >= 15 is 8.78 Å². The molecule has 0 fully saturated rings. The number of hydrogen-bond donors (Lipinski definition) is 2. The van der Waals surface area contributed by atoms with Gasteiger partial charge in [0.1, 0.15) is 35.4 Å². The summed E-state index contributed by atoms with van der Waals surface area (Å²) >= 11 is 1.78. The van der Waals surface area contributed by atoms with Crippen LogP contribution in [-0.2, 0) is 27.8 Å². The molecule has 10 heteroatoms. The van der Waals surface area contributed by atoms with Crippen LogP contribution in [0.5, 0.6) is 11.5 Å². The van der Waals surface area contributed by atoms with Gasteiger partial charge in [-0.05, 0) is 78.0 Å². The number of aliphatic imine (C=N–C) groups is 2. The SMILES string of the molecule is CN=C1N=C(N)C(C=O)(c2cccc(CCC=O)c2)CCCC(C)(C)CSCCc2c(c(F)cc3[nH]ccc23)Oc2ccc(F)c1c2. The first-order valence-corrected chi connectivity index (χ1v) is 16.9. The van der Waals surface area contributed by atoms with E-state index < -0.39 is 17.0 Å². The number of hydrogen-bond acceptors (Lipinski definition) is 6. The Morgan fingerprint density at radius 3 is 2.68 bits per heavy atom. The predicted molar refractivity (Wildman–Crippen MR) is 186 cm³/mol. The van der Waals surface area contributed by atoms with Crippen molar-refractivity contribution in [1.82, 2.24) is 4.98 Å². The maximum Gasteiger partial charge on any atom is 0.168 e. The number of nitrogens with one attached hydrogen (secondary N) is 1. The van der Waals surface area contributed by atoms with Gasteiger partial charge < -0.3 is 25.0 Å². The molecule has 7 nitrogen and oxygen atoms in total. The first-order valence-electron chi connectivity index (χ1n) is 15.8. The van der Waals surface area contributed by atoms with Crippen molar-refractivity contribution in [3.63, 3.8) is 0 Å². The number of ether oxygens (including phenoxy) is 1. The molecule has 1 aromatic heterocycles. The molecule has 0 saturated heterocycles. The van der Waals surface area contributed by atoms with Gasteiger partial charge in [-0.2, -0.15) is 11.8 Å². The Labute approximate surface area is 278 Å². The Morgan fingerprint density at radius 2 is 1.91 bits per heavy atom. The van der Waals surface area contributed by atoms with E-state index in [1.165, 1.54) is 31.3 Å².